The Bertz CT molecular complexity index is 762. The van der Waals surface area contributed by atoms with E-state index in [1.54, 1.807) is 29.2 Å². The number of likely N-dealkylation sites (tertiary alicyclic amines) is 1. The summed E-state index contributed by atoms with van der Waals surface area (Å²) in [5.74, 6) is 1.17. The molecule has 2 amide bonds. The van der Waals surface area contributed by atoms with Crippen molar-refractivity contribution >= 4 is 11.8 Å². The molecule has 27 heavy (non-hydrogen) atoms. The number of nitrogens with one attached hydrogen (secondary N) is 1. The summed E-state index contributed by atoms with van der Waals surface area (Å²) >= 11 is 0. The van der Waals surface area contributed by atoms with Gasteiger partial charge in [-0.05, 0) is 49.2 Å². The SMILES string of the molecule is NCCNC(=O)C1CCCN(C(=O)c2ccc(Oc3ccccc3)cc2)C1. The molecular weight excluding hydrogens is 342 g/mol. The molecule has 0 saturated carbocycles. The van der Waals surface area contributed by atoms with E-state index in [9.17, 15) is 9.59 Å². The van der Waals surface area contributed by atoms with Gasteiger partial charge in [-0.25, -0.2) is 0 Å². The summed E-state index contributed by atoms with van der Waals surface area (Å²) in [5, 5.41) is 2.81. The van der Waals surface area contributed by atoms with Crippen LogP contribution in [0.3, 0.4) is 0 Å². The summed E-state index contributed by atoms with van der Waals surface area (Å²) in [6, 6.07) is 16.6. The highest BCUT2D eigenvalue weighted by Crippen LogP contribution is 2.23. The van der Waals surface area contributed by atoms with E-state index in [4.69, 9.17) is 10.5 Å². The fourth-order valence-electron chi connectivity index (χ4n) is 3.19. The van der Waals surface area contributed by atoms with Gasteiger partial charge in [0.2, 0.25) is 5.91 Å². The van der Waals surface area contributed by atoms with Crippen LogP contribution >= 0.6 is 0 Å². The Morgan fingerprint density at radius 1 is 1.07 bits per heavy atom. The molecule has 1 aliphatic rings. The molecule has 3 N–H and O–H groups in total. The second kappa shape index (κ2) is 9.19. The molecule has 0 radical (unpaired) electrons. The topological polar surface area (TPSA) is 84.7 Å². The summed E-state index contributed by atoms with van der Waals surface area (Å²) in [4.78, 5) is 26.7. The zero-order valence-electron chi connectivity index (χ0n) is 15.3. The van der Waals surface area contributed by atoms with Gasteiger partial charge in [-0.2, -0.15) is 0 Å². The maximum absolute atomic E-state index is 12.8. The van der Waals surface area contributed by atoms with E-state index < -0.39 is 0 Å². The van der Waals surface area contributed by atoms with Crippen LogP contribution in [-0.2, 0) is 4.79 Å². The standard InChI is InChI=1S/C21H25N3O3/c22-12-13-23-20(25)17-5-4-14-24(15-17)21(26)16-8-10-19(11-9-16)27-18-6-2-1-3-7-18/h1-3,6-11,17H,4-5,12-15,22H2,(H,23,25). The molecule has 0 bridgehead atoms. The molecule has 1 saturated heterocycles. The minimum Gasteiger partial charge on any atom is -0.457 e. The Morgan fingerprint density at radius 3 is 2.48 bits per heavy atom. The van der Waals surface area contributed by atoms with Gasteiger partial charge >= 0.3 is 0 Å². The number of ether oxygens (including phenoxy) is 1. The van der Waals surface area contributed by atoms with Crippen molar-refractivity contribution < 1.29 is 14.3 Å². The van der Waals surface area contributed by atoms with E-state index in [0.717, 1.165) is 18.6 Å². The summed E-state index contributed by atoms with van der Waals surface area (Å²) in [6.07, 6.45) is 1.62. The zero-order chi connectivity index (χ0) is 19.1. The van der Waals surface area contributed by atoms with Crippen molar-refractivity contribution in [1.29, 1.82) is 0 Å². The highest BCUT2D eigenvalue weighted by Gasteiger charge is 2.28. The van der Waals surface area contributed by atoms with Crippen molar-refractivity contribution in [3.05, 3.63) is 60.2 Å². The van der Waals surface area contributed by atoms with Crippen molar-refractivity contribution in [2.75, 3.05) is 26.2 Å². The van der Waals surface area contributed by atoms with Crippen molar-refractivity contribution in [3.8, 4) is 11.5 Å². The molecule has 6 nitrogen and oxygen atoms in total. The van der Waals surface area contributed by atoms with Gasteiger partial charge in [0.15, 0.2) is 0 Å². The summed E-state index contributed by atoms with van der Waals surface area (Å²) in [5.41, 5.74) is 6.02. The van der Waals surface area contributed by atoms with Crippen LogP contribution in [0.4, 0.5) is 0 Å². The molecule has 3 rings (SSSR count). The van der Waals surface area contributed by atoms with E-state index in [0.29, 0.717) is 37.5 Å². The minimum absolute atomic E-state index is 0.0236. The van der Waals surface area contributed by atoms with Crippen molar-refractivity contribution in [1.82, 2.24) is 10.2 Å². The molecule has 2 aromatic carbocycles. The molecule has 1 atom stereocenters. The monoisotopic (exact) mass is 367 g/mol. The second-order valence-corrected chi connectivity index (χ2v) is 6.61. The van der Waals surface area contributed by atoms with Crippen LogP contribution in [0.1, 0.15) is 23.2 Å². The quantitative estimate of drug-likeness (QED) is 0.821. The Balaban J connectivity index is 1.60. The third kappa shape index (κ3) is 5.08. The van der Waals surface area contributed by atoms with Gasteiger partial charge in [-0.3, -0.25) is 9.59 Å². The molecule has 1 fully saturated rings. The Labute approximate surface area is 159 Å². The number of amides is 2. The Morgan fingerprint density at radius 2 is 1.78 bits per heavy atom. The normalized spacial score (nSPS) is 16.6. The maximum Gasteiger partial charge on any atom is 0.253 e. The van der Waals surface area contributed by atoms with Crippen LogP contribution in [0.2, 0.25) is 0 Å². The smallest absolute Gasteiger partial charge is 0.253 e. The van der Waals surface area contributed by atoms with Crippen LogP contribution in [0.15, 0.2) is 54.6 Å². The van der Waals surface area contributed by atoms with Crippen molar-refractivity contribution in [3.63, 3.8) is 0 Å². The lowest BCUT2D eigenvalue weighted by molar-refractivity contribution is -0.126. The number of carbonyl (C=O) groups is 2. The van der Waals surface area contributed by atoms with Crippen molar-refractivity contribution in [2.24, 2.45) is 11.7 Å². The van der Waals surface area contributed by atoms with Crippen LogP contribution in [0, 0.1) is 5.92 Å². The third-order valence-corrected chi connectivity index (χ3v) is 4.60. The van der Waals surface area contributed by atoms with E-state index >= 15 is 0 Å². The van der Waals surface area contributed by atoms with Gasteiger partial charge in [-0.1, -0.05) is 18.2 Å². The highest BCUT2D eigenvalue weighted by molar-refractivity contribution is 5.94. The van der Waals surface area contributed by atoms with Crippen LogP contribution in [-0.4, -0.2) is 42.9 Å². The molecule has 1 unspecified atom stereocenters. The van der Waals surface area contributed by atoms with E-state index in [2.05, 4.69) is 5.32 Å². The van der Waals surface area contributed by atoms with Gasteiger partial charge in [0, 0.05) is 31.7 Å². The zero-order valence-corrected chi connectivity index (χ0v) is 15.3. The lowest BCUT2D eigenvalue weighted by atomic mass is 9.96. The molecule has 6 heteroatoms. The average Bonchev–Trinajstić information content (AvgIpc) is 2.73. The van der Waals surface area contributed by atoms with Crippen LogP contribution in [0.5, 0.6) is 11.5 Å². The summed E-state index contributed by atoms with van der Waals surface area (Å²) < 4.78 is 5.76. The number of piperidine rings is 1. The van der Waals surface area contributed by atoms with E-state index in [1.807, 2.05) is 30.3 Å². The first kappa shape index (κ1) is 18.9. The van der Waals surface area contributed by atoms with Gasteiger partial charge in [0.1, 0.15) is 11.5 Å². The second-order valence-electron chi connectivity index (χ2n) is 6.61. The number of carbonyl (C=O) groups excluding carboxylic acids is 2. The Kier molecular flexibility index (Phi) is 6.44. The molecule has 1 aliphatic heterocycles. The first-order valence-electron chi connectivity index (χ1n) is 9.27. The molecule has 2 aromatic rings. The molecular formula is C21H25N3O3. The molecule has 0 aliphatic carbocycles. The predicted octanol–water partition coefficient (Wildman–Crippen LogP) is 2.41. The fourth-order valence-corrected chi connectivity index (χ4v) is 3.19. The number of hydrogen-bond acceptors (Lipinski definition) is 4. The lowest BCUT2D eigenvalue weighted by Gasteiger charge is -2.32. The number of benzene rings is 2. The first-order valence-corrected chi connectivity index (χ1v) is 9.27. The number of nitrogens with zero attached hydrogens (tertiary/aromatic N) is 1. The van der Waals surface area contributed by atoms with Gasteiger partial charge < -0.3 is 20.7 Å². The van der Waals surface area contributed by atoms with Gasteiger partial charge in [0.05, 0.1) is 5.92 Å². The van der Waals surface area contributed by atoms with E-state index in [-0.39, 0.29) is 17.7 Å². The first-order chi connectivity index (χ1) is 13.2. The fraction of sp³-hybridized carbons (Fsp3) is 0.333. The van der Waals surface area contributed by atoms with E-state index in [1.165, 1.54) is 0 Å². The third-order valence-electron chi connectivity index (χ3n) is 4.60. The number of rotatable bonds is 6. The minimum atomic E-state index is -0.171. The van der Waals surface area contributed by atoms with Crippen LogP contribution < -0.4 is 15.8 Å². The highest BCUT2D eigenvalue weighted by atomic mass is 16.5. The summed E-state index contributed by atoms with van der Waals surface area (Å²) in [7, 11) is 0. The van der Waals surface area contributed by atoms with Gasteiger partial charge in [-0.15, -0.1) is 0 Å². The maximum atomic E-state index is 12.8. The van der Waals surface area contributed by atoms with Crippen LogP contribution in [0.25, 0.3) is 0 Å². The largest absolute Gasteiger partial charge is 0.457 e. The van der Waals surface area contributed by atoms with Crippen molar-refractivity contribution in [2.45, 2.75) is 12.8 Å². The van der Waals surface area contributed by atoms with Gasteiger partial charge in [0.25, 0.3) is 5.91 Å². The number of nitrogens with two attached hydrogens (primary N) is 1. The molecule has 0 aromatic heterocycles. The summed E-state index contributed by atoms with van der Waals surface area (Å²) in [6.45, 7) is 1.99. The molecule has 1 heterocycles. The predicted molar refractivity (Wildman–Crippen MR) is 104 cm³/mol. The lowest BCUT2D eigenvalue weighted by Crippen LogP contribution is -2.46. The molecule has 0 spiro atoms. The number of hydrogen-bond donors (Lipinski definition) is 2. The molecule has 142 valence electrons. The number of para-hydroxylation sites is 1. The average molecular weight is 367 g/mol. The Hall–Kier alpha value is -2.86.